The van der Waals surface area contributed by atoms with Gasteiger partial charge in [0.25, 0.3) is 5.91 Å². The molecule has 0 heterocycles. The van der Waals surface area contributed by atoms with Gasteiger partial charge in [0.15, 0.2) is 0 Å². The van der Waals surface area contributed by atoms with Crippen molar-refractivity contribution in [2.75, 3.05) is 38.3 Å². The van der Waals surface area contributed by atoms with Crippen LogP contribution in [0.1, 0.15) is 10.4 Å². The molecule has 29 heavy (non-hydrogen) atoms. The van der Waals surface area contributed by atoms with Crippen LogP contribution in [-0.2, 0) is 0 Å². The van der Waals surface area contributed by atoms with Gasteiger partial charge in [-0.15, -0.1) is 0 Å². The van der Waals surface area contributed by atoms with Crippen LogP contribution >= 0.6 is 0 Å². The van der Waals surface area contributed by atoms with Crippen molar-refractivity contribution >= 4 is 23.0 Å². The number of nitrogen functional groups attached to an aromatic ring is 1. The molecule has 0 aliphatic heterocycles. The van der Waals surface area contributed by atoms with Gasteiger partial charge < -0.3 is 26.4 Å². The van der Waals surface area contributed by atoms with Crippen molar-refractivity contribution in [2.24, 2.45) is 0 Å². The molecule has 6 nitrogen and oxygen atoms in total. The molecular weight excluding hydrogens is 364 g/mol. The Bertz CT molecular complexity index is 971. The zero-order valence-corrected chi connectivity index (χ0v) is 16.7. The van der Waals surface area contributed by atoms with Crippen LogP contribution < -0.4 is 26.4 Å². The van der Waals surface area contributed by atoms with Gasteiger partial charge in [-0.05, 0) is 66.7 Å². The van der Waals surface area contributed by atoms with Crippen LogP contribution in [0.4, 0.5) is 17.1 Å². The van der Waals surface area contributed by atoms with Crippen LogP contribution in [0.15, 0.2) is 66.7 Å². The van der Waals surface area contributed by atoms with Gasteiger partial charge in [-0.2, -0.15) is 0 Å². The molecule has 0 spiro atoms. The van der Waals surface area contributed by atoms with Crippen molar-refractivity contribution in [3.05, 3.63) is 72.3 Å². The summed E-state index contributed by atoms with van der Waals surface area (Å²) in [6.45, 7) is 1.32. The van der Waals surface area contributed by atoms with E-state index < -0.39 is 0 Å². The first-order valence-corrected chi connectivity index (χ1v) is 9.44. The number of carbonyl (C=O) groups excluding carboxylic acids is 1. The standard InChI is InChI=1S/C23H26N4O2/c1-25-12-13-26-23(28)16-6-9-19(10-7-16)27-22-11-8-18(15-21(22)24)17-4-3-5-20(14-17)29-2/h3-11,14-15,25,27H,12-13,24H2,1-2H3,(H,26,28). The quantitative estimate of drug-likeness (QED) is 0.348. The normalized spacial score (nSPS) is 10.4. The highest BCUT2D eigenvalue weighted by Crippen LogP contribution is 2.30. The highest BCUT2D eigenvalue weighted by atomic mass is 16.5. The lowest BCUT2D eigenvalue weighted by Crippen LogP contribution is -2.30. The Kier molecular flexibility index (Phi) is 6.71. The van der Waals surface area contributed by atoms with Crippen LogP contribution in [0, 0.1) is 0 Å². The number of likely N-dealkylation sites (N-methyl/N-ethyl adjacent to an activating group) is 1. The second kappa shape index (κ2) is 9.61. The number of ether oxygens (including phenoxy) is 1. The molecule has 0 bridgehead atoms. The first-order chi connectivity index (χ1) is 14.1. The first kappa shape index (κ1) is 20.2. The predicted octanol–water partition coefficient (Wildman–Crippen LogP) is 3.64. The van der Waals surface area contributed by atoms with Gasteiger partial charge in [-0.3, -0.25) is 4.79 Å². The first-order valence-electron chi connectivity index (χ1n) is 9.44. The maximum Gasteiger partial charge on any atom is 0.251 e. The number of nitrogens with two attached hydrogens (primary N) is 1. The minimum Gasteiger partial charge on any atom is -0.497 e. The Balaban J connectivity index is 1.69. The van der Waals surface area contributed by atoms with Crippen molar-refractivity contribution in [2.45, 2.75) is 0 Å². The number of amides is 1. The van der Waals surface area contributed by atoms with E-state index in [2.05, 4.69) is 16.0 Å². The topological polar surface area (TPSA) is 88.4 Å². The summed E-state index contributed by atoms with van der Waals surface area (Å²) < 4.78 is 5.29. The van der Waals surface area contributed by atoms with E-state index in [4.69, 9.17) is 10.5 Å². The van der Waals surface area contributed by atoms with Crippen LogP contribution in [0.5, 0.6) is 5.75 Å². The molecule has 5 N–H and O–H groups in total. The highest BCUT2D eigenvalue weighted by molar-refractivity contribution is 5.94. The van der Waals surface area contributed by atoms with Gasteiger partial charge >= 0.3 is 0 Å². The molecule has 1 amide bonds. The molecule has 0 saturated heterocycles. The molecule has 0 aliphatic carbocycles. The fraction of sp³-hybridized carbons (Fsp3) is 0.174. The highest BCUT2D eigenvalue weighted by Gasteiger charge is 2.07. The zero-order valence-electron chi connectivity index (χ0n) is 16.7. The molecule has 150 valence electrons. The number of nitrogens with one attached hydrogen (secondary N) is 3. The average molecular weight is 390 g/mol. The van der Waals surface area contributed by atoms with E-state index in [0.29, 0.717) is 17.8 Å². The molecule has 0 radical (unpaired) electrons. The summed E-state index contributed by atoms with van der Waals surface area (Å²) in [7, 11) is 3.50. The fourth-order valence-electron chi connectivity index (χ4n) is 2.92. The second-order valence-electron chi connectivity index (χ2n) is 6.60. The summed E-state index contributed by atoms with van der Waals surface area (Å²) in [6.07, 6.45) is 0. The Morgan fingerprint density at radius 2 is 1.72 bits per heavy atom. The van der Waals surface area contributed by atoms with E-state index >= 15 is 0 Å². The Morgan fingerprint density at radius 1 is 0.966 bits per heavy atom. The lowest BCUT2D eigenvalue weighted by Gasteiger charge is -2.12. The lowest BCUT2D eigenvalue weighted by atomic mass is 10.0. The molecule has 0 aliphatic rings. The van der Waals surface area contributed by atoms with Crippen LogP contribution in [0.3, 0.4) is 0 Å². The zero-order chi connectivity index (χ0) is 20.6. The molecule has 0 unspecified atom stereocenters. The minimum atomic E-state index is -0.0889. The SMILES string of the molecule is CNCCNC(=O)c1ccc(Nc2ccc(-c3cccc(OC)c3)cc2N)cc1. The van der Waals surface area contributed by atoms with Crippen LogP contribution in [-0.4, -0.2) is 33.2 Å². The molecule has 0 fully saturated rings. The van der Waals surface area contributed by atoms with Gasteiger partial charge in [-0.25, -0.2) is 0 Å². The number of hydrogen-bond acceptors (Lipinski definition) is 5. The third kappa shape index (κ3) is 5.27. The van der Waals surface area contributed by atoms with E-state index in [9.17, 15) is 4.79 Å². The maximum atomic E-state index is 12.1. The van der Waals surface area contributed by atoms with Gasteiger partial charge in [0.05, 0.1) is 18.5 Å². The van der Waals surface area contributed by atoms with Crippen molar-refractivity contribution in [1.82, 2.24) is 10.6 Å². The van der Waals surface area contributed by atoms with Crippen molar-refractivity contribution < 1.29 is 9.53 Å². The van der Waals surface area contributed by atoms with E-state index in [1.165, 1.54) is 0 Å². The largest absolute Gasteiger partial charge is 0.497 e. The number of rotatable bonds is 8. The Morgan fingerprint density at radius 3 is 2.41 bits per heavy atom. The third-order valence-corrected chi connectivity index (χ3v) is 4.54. The summed E-state index contributed by atoms with van der Waals surface area (Å²) in [5.74, 6) is 0.715. The summed E-state index contributed by atoms with van der Waals surface area (Å²) in [5.41, 5.74) is 11.2. The van der Waals surface area contributed by atoms with Crippen molar-refractivity contribution in [3.8, 4) is 16.9 Å². The summed E-state index contributed by atoms with van der Waals surface area (Å²) in [5, 5.41) is 9.15. The van der Waals surface area contributed by atoms with E-state index in [1.54, 1.807) is 19.2 Å². The molecule has 0 saturated carbocycles. The minimum absolute atomic E-state index is 0.0889. The summed E-state index contributed by atoms with van der Waals surface area (Å²) in [4.78, 5) is 12.1. The summed E-state index contributed by atoms with van der Waals surface area (Å²) >= 11 is 0. The number of methoxy groups -OCH3 is 1. The number of anilines is 3. The number of carbonyl (C=O) groups is 1. The monoisotopic (exact) mass is 390 g/mol. The van der Waals surface area contributed by atoms with E-state index in [0.717, 1.165) is 34.8 Å². The summed E-state index contributed by atoms with van der Waals surface area (Å²) in [6, 6.07) is 21.0. The lowest BCUT2D eigenvalue weighted by molar-refractivity contribution is 0.0954. The maximum absolute atomic E-state index is 12.1. The Hall–Kier alpha value is -3.51. The van der Waals surface area contributed by atoms with Crippen LogP contribution in [0.25, 0.3) is 11.1 Å². The molecule has 0 atom stereocenters. The Labute approximate surface area is 171 Å². The average Bonchev–Trinajstić information content (AvgIpc) is 2.75. The molecule has 0 aromatic heterocycles. The third-order valence-electron chi connectivity index (χ3n) is 4.54. The number of hydrogen-bond donors (Lipinski definition) is 4. The molecule has 3 aromatic carbocycles. The van der Waals surface area contributed by atoms with E-state index in [-0.39, 0.29) is 5.91 Å². The van der Waals surface area contributed by atoms with E-state index in [1.807, 2.05) is 61.6 Å². The molecular formula is C23H26N4O2. The molecule has 3 aromatic rings. The van der Waals surface area contributed by atoms with Gasteiger partial charge in [-0.1, -0.05) is 18.2 Å². The van der Waals surface area contributed by atoms with Gasteiger partial charge in [0, 0.05) is 24.3 Å². The van der Waals surface area contributed by atoms with Gasteiger partial charge in [0.2, 0.25) is 0 Å². The smallest absolute Gasteiger partial charge is 0.251 e. The van der Waals surface area contributed by atoms with Crippen molar-refractivity contribution in [1.29, 1.82) is 0 Å². The van der Waals surface area contributed by atoms with Crippen LogP contribution in [0.2, 0.25) is 0 Å². The van der Waals surface area contributed by atoms with Crippen molar-refractivity contribution in [3.63, 3.8) is 0 Å². The predicted molar refractivity (Wildman–Crippen MR) is 119 cm³/mol. The van der Waals surface area contributed by atoms with Gasteiger partial charge in [0.1, 0.15) is 5.75 Å². The molecule has 6 heteroatoms. The fourth-order valence-corrected chi connectivity index (χ4v) is 2.92. The number of benzene rings is 3. The molecule has 3 rings (SSSR count). The second-order valence-corrected chi connectivity index (χ2v) is 6.60.